The molecule has 0 saturated heterocycles. The zero-order valence-corrected chi connectivity index (χ0v) is 12.2. The van der Waals surface area contributed by atoms with Crippen LogP contribution in [0.2, 0.25) is 0 Å². The molecule has 3 N–H and O–H groups in total. The molecule has 21 heavy (non-hydrogen) atoms. The van der Waals surface area contributed by atoms with Crippen molar-refractivity contribution in [1.29, 1.82) is 0 Å². The Morgan fingerprint density at radius 3 is 2.62 bits per heavy atom. The van der Waals surface area contributed by atoms with Gasteiger partial charge in [-0.25, -0.2) is 12.8 Å². The maximum atomic E-state index is 13.4. The van der Waals surface area contributed by atoms with Crippen LogP contribution >= 0.6 is 0 Å². The number of nitrogens with two attached hydrogens (primary N) is 1. The van der Waals surface area contributed by atoms with Gasteiger partial charge in [-0.05, 0) is 30.3 Å². The van der Waals surface area contributed by atoms with Crippen molar-refractivity contribution in [2.45, 2.75) is 11.4 Å². The number of ether oxygens (including phenoxy) is 1. The molecule has 0 aliphatic carbocycles. The molecule has 0 spiro atoms. The Balaban J connectivity index is 2.38. The van der Waals surface area contributed by atoms with Crippen LogP contribution < -0.4 is 15.2 Å². The molecule has 112 valence electrons. The number of sulfonamides is 1. The second-order valence-corrected chi connectivity index (χ2v) is 5.95. The molecule has 0 aliphatic rings. The largest absolute Gasteiger partial charge is 0.495 e. The first kappa shape index (κ1) is 15.3. The van der Waals surface area contributed by atoms with Crippen LogP contribution in [0.1, 0.15) is 5.56 Å². The summed E-state index contributed by atoms with van der Waals surface area (Å²) in [6.45, 7) is -0.0795. The van der Waals surface area contributed by atoms with Crippen molar-refractivity contribution in [3.05, 3.63) is 53.8 Å². The van der Waals surface area contributed by atoms with E-state index >= 15 is 0 Å². The van der Waals surface area contributed by atoms with Gasteiger partial charge in [0.2, 0.25) is 0 Å². The fourth-order valence-corrected chi connectivity index (χ4v) is 2.93. The first-order chi connectivity index (χ1) is 9.97. The lowest BCUT2D eigenvalue weighted by atomic mass is 10.2. The molecule has 2 aromatic carbocycles. The Kier molecular flexibility index (Phi) is 4.44. The molecule has 0 unspecified atom stereocenters. The van der Waals surface area contributed by atoms with E-state index in [-0.39, 0.29) is 17.0 Å². The van der Waals surface area contributed by atoms with Gasteiger partial charge in [0.15, 0.2) is 0 Å². The second kappa shape index (κ2) is 6.11. The standard InChI is InChI=1S/C14H15FN2O3S/c1-20-14-5-3-2-4-13(14)17-21(18,19)11-6-7-12(15)10(8-11)9-16/h2-8,17H,9,16H2,1H3. The van der Waals surface area contributed by atoms with Crippen LogP contribution in [0.5, 0.6) is 5.75 Å². The van der Waals surface area contributed by atoms with E-state index in [1.807, 2.05) is 0 Å². The molecule has 2 aromatic rings. The molecule has 2 rings (SSSR count). The number of hydrogen-bond acceptors (Lipinski definition) is 4. The van der Waals surface area contributed by atoms with Gasteiger partial charge in [-0.15, -0.1) is 0 Å². The maximum Gasteiger partial charge on any atom is 0.262 e. The Bertz CT molecular complexity index is 748. The molecule has 0 bridgehead atoms. The lowest BCUT2D eigenvalue weighted by molar-refractivity contribution is 0.417. The minimum Gasteiger partial charge on any atom is -0.495 e. The smallest absolute Gasteiger partial charge is 0.262 e. The number of benzene rings is 2. The summed E-state index contributed by atoms with van der Waals surface area (Å²) in [5.74, 6) is -0.143. The Morgan fingerprint density at radius 1 is 1.24 bits per heavy atom. The van der Waals surface area contributed by atoms with Crippen molar-refractivity contribution in [3.63, 3.8) is 0 Å². The van der Waals surface area contributed by atoms with Gasteiger partial charge in [0.1, 0.15) is 11.6 Å². The molecular weight excluding hydrogens is 295 g/mol. The summed E-state index contributed by atoms with van der Waals surface area (Å²) in [4.78, 5) is -0.0599. The summed E-state index contributed by atoms with van der Waals surface area (Å²) in [6.07, 6.45) is 0. The van der Waals surface area contributed by atoms with Crippen molar-refractivity contribution in [2.75, 3.05) is 11.8 Å². The summed E-state index contributed by atoms with van der Waals surface area (Å²) in [6, 6.07) is 10.1. The third-order valence-corrected chi connectivity index (χ3v) is 4.26. The minimum atomic E-state index is -3.85. The zero-order chi connectivity index (χ0) is 15.5. The van der Waals surface area contributed by atoms with Crippen molar-refractivity contribution in [1.82, 2.24) is 0 Å². The first-order valence-corrected chi connectivity index (χ1v) is 7.60. The van der Waals surface area contributed by atoms with E-state index in [0.717, 1.165) is 6.07 Å². The second-order valence-electron chi connectivity index (χ2n) is 4.26. The number of anilines is 1. The summed E-state index contributed by atoms with van der Waals surface area (Å²) >= 11 is 0. The lowest BCUT2D eigenvalue weighted by Gasteiger charge is -2.12. The number of nitrogens with one attached hydrogen (secondary N) is 1. The van der Waals surface area contributed by atoms with E-state index in [9.17, 15) is 12.8 Å². The topological polar surface area (TPSA) is 81.4 Å². The molecule has 0 aromatic heterocycles. The lowest BCUT2D eigenvalue weighted by Crippen LogP contribution is -2.14. The van der Waals surface area contributed by atoms with E-state index in [2.05, 4.69) is 4.72 Å². The van der Waals surface area contributed by atoms with Crippen LogP contribution in [0.25, 0.3) is 0 Å². The Morgan fingerprint density at radius 2 is 1.95 bits per heavy atom. The van der Waals surface area contributed by atoms with Gasteiger partial charge in [-0.3, -0.25) is 4.72 Å². The number of rotatable bonds is 5. The van der Waals surface area contributed by atoms with Crippen molar-refractivity contribution in [2.24, 2.45) is 5.73 Å². The average molecular weight is 310 g/mol. The molecule has 7 heteroatoms. The predicted octanol–water partition coefficient (Wildman–Crippen LogP) is 2.09. The fraction of sp³-hybridized carbons (Fsp3) is 0.143. The van der Waals surface area contributed by atoms with Gasteiger partial charge in [0.05, 0.1) is 17.7 Å². The monoisotopic (exact) mass is 310 g/mol. The van der Waals surface area contributed by atoms with Crippen LogP contribution in [0.15, 0.2) is 47.4 Å². The van der Waals surface area contributed by atoms with Crippen LogP contribution in [-0.2, 0) is 16.6 Å². The molecule has 0 aliphatic heterocycles. The number of hydrogen-bond donors (Lipinski definition) is 2. The number of para-hydroxylation sites is 2. The SMILES string of the molecule is COc1ccccc1NS(=O)(=O)c1ccc(F)c(CN)c1. The predicted molar refractivity (Wildman–Crippen MR) is 78.1 cm³/mol. The van der Waals surface area contributed by atoms with Crippen LogP contribution in [0, 0.1) is 5.82 Å². The zero-order valence-electron chi connectivity index (χ0n) is 11.3. The number of halogens is 1. The summed E-state index contributed by atoms with van der Waals surface area (Å²) in [7, 11) is -2.41. The summed E-state index contributed by atoms with van der Waals surface area (Å²) in [5, 5.41) is 0. The van der Waals surface area contributed by atoms with Gasteiger partial charge in [0.25, 0.3) is 10.0 Å². The third-order valence-electron chi connectivity index (χ3n) is 2.90. The Labute approximate surface area is 122 Å². The first-order valence-electron chi connectivity index (χ1n) is 6.12. The minimum absolute atomic E-state index is 0.0599. The maximum absolute atomic E-state index is 13.4. The van der Waals surface area contributed by atoms with Gasteiger partial charge < -0.3 is 10.5 Å². The highest BCUT2D eigenvalue weighted by molar-refractivity contribution is 7.92. The van der Waals surface area contributed by atoms with E-state index < -0.39 is 15.8 Å². The van der Waals surface area contributed by atoms with Crippen LogP contribution in [-0.4, -0.2) is 15.5 Å². The summed E-state index contributed by atoms with van der Waals surface area (Å²) < 4.78 is 45.5. The van der Waals surface area contributed by atoms with Gasteiger partial charge in [-0.1, -0.05) is 12.1 Å². The average Bonchev–Trinajstić information content (AvgIpc) is 2.47. The van der Waals surface area contributed by atoms with E-state index in [0.29, 0.717) is 11.4 Å². The van der Waals surface area contributed by atoms with Gasteiger partial charge in [-0.2, -0.15) is 0 Å². The van der Waals surface area contributed by atoms with Gasteiger partial charge >= 0.3 is 0 Å². The van der Waals surface area contributed by atoms with Crippen molar-refractivity contribution in [3.8, 4) is 5.75 Å². The molecule has 0 amide bonds. The molecular formula is C14H15FN2O3S. The third kappa shape index (κ3) is 3.32. The highest BCUT2D eigenvalue weighted by Crippen LogP contribution is 2.26. The van der Waals surface area contributed by atoms with E-state index in [4.69, 9.17) is 10.5 Å². The highest BCUT2D eigenvalue weighted by atomic mass is 32.2. The molecule has 0 saturated carbocycles. The molecule has 5 nitrogen and oxygen atoms in total. The van der Waals surface area contributed by atoms with Crippen LogP contribution in [0.3, 0.4) is 0 Å². The van der Waals surface area contributed by atoms with Gasteiger partial charge in [0, 0.05) is 12.1 Å². The summed E-state index contributed by atoms with van der Waals surface area (Å²) in [5.41, 5.74) is 5.83. The van der Waals surface area contributed by atoms with Crippen molar-refractivity contribution >= 4 is 15.7 Å². The normalized spacial score (nSPS) is 11.2. The quantitative estimate of drug-likeness (QED) is 0.886. The molecule has 0 heterocycles. The highest BCUT2D eigenvalue weighted by Gasteiger charge is 2.17. The number of methoxy groups -OCH3 is 1. The van der Waals surface area contributed by atoms with Crippen LogP contribution in [0.4, 0.5) is 10.1 Å². The fourth-order valence-electron chi connectivity index (χ4n) is 1.81. The van der Waals surface area contributed by atoms with E-state index in [1.54, 1.807) is 24.3 Å². The Hall–Kier alpha value is -2.12. The molecule has 0 atom stereocenters. The molecule has 0 fully saturated rings. The molecule has 0 radical (unpaired) electrons. The van der Waals surface area contributed by atoms with Crippen molar-refractivity contribution < 1.29 is 17.5 Å². The van der Waals surface area contributed by atoms with E-state index in [1.165, 1.54) is 19.2 Å².